The minimum absolute atomic E-state index is 0.0969. The van der Waals surface area contributed by atoms with Gasteiger partial charge in [0.2, 0.25) is 0 Å². The Bertz CT molecular complexity index is 386. The van der Waals surface area contributed by atoms with Crippen LogP contribution >= 0.6 is 0 Å². The van der Waals surface area contributed by atoms with Crippen molar-refractivity contribution in [1.29, 1.82) is 0 Å². The molecule has 0 aromatic carbocycles. The van der Waals surface area contributed by atoms with Crippen molar-refractivity contribution in [2.24, 2.45) is 0 Å². The van der Waals surface area contributed by atoms with Gasteiger partial charge in [0.05, 0.1) is 5.75 Å². The molecule has 1 heterocycles. The second-order valence-electron chi connectivity index (χ2n) is 5.69. The summed E-state index contributed by atoms with van der Waals surface area (Å²) < 4.78 is 29.0. The number of hydrogen-bond acceptors (Lipinski definition) is 4. The van der Waals surface area contributed by atoms with Gasteiger partial charge in [-0.1, -0.05) is 19.8 Å². The van der Waals surface area contributed by atoms with Crippen molar-refractivity contribution in [2.45, 2.75) is 71.1 Å². The highest BCUT2D eigenvalue weighted by Crippen LogP contribution is 2.18. The fraction of sp³-hybridized carbons (Fsp3) is 0.933. The van der Waals surface area contributed by atoms with Gasteiger partial charge < -0.3 is 0 Å². The van der Waals surface area contributed by atoms with Crippen LogP contribution in [0.4, 0.5) is 0 Å². The fourth-order valence-corrected chi connectivity index (χ4v) is 6.13. The Balaban J connectivity index is 2.09. The molecule has 0 spiro atoms. The van der Waals surface area contributed by atoms with Crippen LogP contribution in [0.3, 0.4) is 0 Å². The van der Waals surface area contributed by atoms with Gasteiger partial charge in [-0.3, -0.25) is 4.79 Å². The zero-order valence-electron chi connectivity index (χ0n) is 13.1. The van der Waals surface area contributed by atoms with Crippen LogP contribution in [0.25, 0.3) is 0 Å². The summed E-state index contributed by atoms with van der Waals surface area (Å²) in [7, 11) is -3.37. The molecule has 4 nitrogen and oxygen atoms in total. The molecule has 21 heavy (non-hydrogen) atoms. The summed E-state index contributed by atoms with van der Waals surface area (Å²) in [5, 5.41) is 0. The van der Waals surface area contributed by atoms with Gasteiger partial charge in [-0.25, -0.2) is 0 Å². The lowest BCUT2D eigenvalue weighted by atomic mass is 10.1. The molecule has 0 unspecified atom stereocenters. The smallest absolute Gasteiger partial charge is 0.300 e. The Hall–Kier alpha value is -0.0700. The van der Waals surface area contributed by atoms with Gasteiger partial charge in [0.15, 0.2) is 11.2 Å². The molecular formula is C15H29O4S2+. The number of carbonyl (C=O) groups excluding carboxylic acids is 1. The van der Waals surface area contributed by atoms with Crippen molar-refractivity contribution in [3.05, 3.63) is 0 Å². The molecule has 0 aromatic rings. The van der Waals surface area contributed by atoms with Gasteiger partial charge in [-0.15, -0.1) is 0 Å². The first-order valence-corrected chi connectivity index (χ1v) is 11.2. The van der Waals surface area contributed by atoms with Gasteiger partial charge >= 0.3 is 10.1 Å². The number of Topliss-reactive ketones (excluding diaryl/α,β-unsaturated/α-hetero) is 1. The lowest BCUT2D eigenvalue weighted by Gasteiger charge is -2.11. The Kier molecular flexibility index (Phi) is 9.60. The first-order chi connectivity index (χ1) is 10.0. The third kappa shape index (κ3) is 9.53. The zero-order chi connectivity index (χ0) is 15.6. The summed E-state index contributed by atoms with van der Waals surface area (Å²) in [5.41, 5.74) is 0. The average Bonchev–Trinajstić information content (AvgIpc) is 2.45. The second kappa shape index (κ2) is 10.6. The first-order valence-electron chi connectivity index (χ1n) is 8.15. The van der Waals surface area contributed by atoms with Crippen LogP contribution in [0.5, 0.6) is 0 Å². The quantitative estimate of drug-likeness (QED) is 0.428. The van der Waals surface area contributed by atoms with E-state index in [4.69, 9.17) is 3.63 Å². The molecule has 1 saturated heterocycles. The number of carbonyl (C=O) groups is 1. The van der Waals surface area contributed by atoms with E-state index in [1.165, 1.54) is 6.42 Å². The van der Waals surface area contributed by atoms with Crippen molar-refractivity contribution in [3.63, 3.8) is 0 Å². The predicted octanol–water partition coefficient (Wildman–Crippen LogP) is 3.37. The number of ketones is 1. The van der Waals surface area contributed by atoms with Gasteiger partial charge in [-0.05, 0) is 42.2 Å². The van der Waals surface area contributed by atoms with Crippen LogP contribution in [0.15, 0.2) is 0 Å². The molecular weight excluding hydrogens is 308 g/mol. The molecule has 0 radical (unpaired) electrons. The van der Waals surface area contributed by atoms with Crippen molar-refractivity contribution < 1.29 is 16.8 Å². The van der Waals surface area contributed by atoms with Crippen molar-refractivity contribution in [1.82, 2.24) is 0 Å². The predicted molar refractivity (Wildman–Crippen MR) is 88.8 cm³/mol. The average molecular weight is 338 g/mol. The summed E-state index contributed by atoms with van der Waals surface area (Å²) in [5.74, 6) is 2.19. The van der Waals surface area contributed by atoms with Gasteiger partial charge in [-0.2, -0.15) is 8.42 Å². The number of hydrogen-bond donors (Lipinski definition) is 0. The summed E-state index contributed by atoms with van der Waals surface area (Å²) in [6.07, 6.45) is 8.80. The Morgan fingerprint density at radius 1 is 1.00 bits per heavy atom. The number of unbranched alkanes of at least 4 members (excludes halogenated alkanes) is 3. The van der Waals surface area contributed by atoms with Gasteiger partial charge in [0, 0.05) is 12.8 Å². The van der Waals surface area contributed by atoms with Crippen LogP contribution in [-0.2, 0) is 29.7 Å². The largest absolute Gasteiger partial charge is 0.311 e. The van der Waals surface area contributed by atoms with E-state index >= 15 is 0 Å². The molecule has 6 heteroatoms. The van der Waals surface area contributed by atoms with Gasteiger partial charge in [0.1, 0.15) is 17.3 Å². The Morgan fingerprint density at radius 3 is 2.33 bits per heavy atom. The lowest BCUT2D eigenvalue weighted by molar-refractivity contribution is -0.119. The highest BCUT2D eigenvalue weighted by Gasteiger charge is 2.30. The van der Waals surface area contributed by atoms with E-state index in [9.17, 15) is 13.2 Å². The molecule has 0 aliphatic carbocycles. The third-order valence-electron chi connectivity index (χ3n) is 3.60. The standard InChI is InChI=1S/C15H29O4S2/c1-2-3-10-15(16)11-6-4-9-14-21(17,18)19-20-12-7-5-8-13-20/h2-14H2,1H3/q+1. The molecule has 0 bridgehead atoms. The highest BCUT2D eigenvalue weighted by molar-refractivity contribution is 8.02. The van der Waals surface area contributed by atoms with Gasteiger partial charge in [0.25, 0.3) is 0 Å². The molecule has 0 amide bonds. The minimum atomic E-state index is -3.37. The van der Waals surface area contributed by atoms with Crippen molar-refractivity contribution in [3.8, 4) is 0 Å². The normalized spacial score (nSPS) is 17.0. The van der Waals surface area contributed by atoms with E-state index < -0.39 is 10.1 Å². The molecule has 0 aromatic heterocycles. The SMILES string of the molecule is CCCCC(=O)CCCCCS(=O)(=O)O[S+]1CCCCC1. The fourth-order valence-electron chi connectivity index (χ4n) is 2.33. The van der Waals surface area contributed by atoms with E-state index in [0.29, 0.717) is 25.0 Å². The Labute approximate surface area is 132 Å². The van der Waals surface area contributed by atoms with E-state index in [0.717, 1.165) is 50.0 Å². The summed E-state index contributed by atoms with van der Waals surface area (Å²) >= 11 is -0.375. The van der Waals surface area contributed by atoms with Crippen LogP contribution in [0, 0.1) is 0 Å². The summed E-state index contributed by atoms with van der Waals surface area (Å²) in [6.45, 7) is 2.07. The molecule has 0 saturated carbocycles. The monoisotopic (exact) mass is 337 g/mol. The van der Waals surface area contributed by atoms with Crippen molar-refractivity contribution in [2.75, 3.05) is 17.3 Å². The first kappa shape index (κ1) is 19.0. The Morgan fingerprint density at radius 2 is 1.67 bits per heavy atom. The van der Waals surface area contributed by atoms with Crippen LogP contribution < -0.4 is 0 Å². The molecule has 1 rings (SSSR count). The highest BCUT2D eigenvalue weighted by atomic mass is 32.3. The lowest BCUT2D eigenvalue weighted by Crippen LogP contribution is -2.24. The maximum Gasteiger partial charge on any atom is 0.311 e. The van der Waals surface area contributed by atoms with Crippen LogP contribution in [0.2, 0.25) is 0 Å². The van der Waals surface area contributed by atoms with Crippen LogP contribution in [-0.4, -0.2) is 31.5 Å². The van der Waals surface area contributed by atoms with E-state index in [1.54, 1.807) is 0 Å². The van der Waals surface area contributed by atoms with Crippen molar-refractivity contribution >= 4 is 27.1 Å². The molecule has 0 N–H and O–H groups in total. The van der Waals surface area contributed by atoms with Crippen LogP contribution in [0.1, 0.15) is 71.1 Å². The van der Waals surface area contributed by atoms with E-state index in [-0.39, 0.29) is 16.9 Å². The molecule has 0 atom stereocenters. The maximum atomic E-state index is 11.9. The number of rotatable bonds is 11. The summed E-state index contributed by atoms with van der Waals surface area (Å²) in [6, 6.07) is 0. The molecule has 1 fully saturated rings. The topological polar surface area (TPSA) is 60.4 Å². The molecule has 1 aliphatic heterocycles. The van der Waals surface area contributed by atoms with E-state index in [1.807, 2.05) is 0 Å². The molecule has 124 valence electrons. The second-order valence-corrected chi connectivity index (χ2v) is 9.46. The zero-order valence-corrected chi connectivity index (χ0v) is 14.8. The third-order valence-corrected chi connectivity index (χ3v) is 7.48. The maximum absolute atomic E-state index is 11.9. The summed E-state index contributed by atoms with van der Waals surface area (Å²) in [4.78, 5) is 11.5. The molecule has 1 aliphatic rings. The minimum Gasteiger partial charge on any atom is -0.300 e. The van der Waals surface area contributed by atoms with E-state index in [2.05, 4.69) is 6.92 Å².